The molecule has 1 saturated heterocycles. The fourth-order valence-electron chi connectivity index (χ4n) is 5.24. The van der Waals surface area contributed by atoms with Crippen molar-refractivity contribution in [3.63, 3.8) is 0 Å². The number of likely N-dealkylation sites (tertiary alicyclic amines) is 1. The molecule has 1 aliphatic heterocycles. The maximum absolute atomic E-state index is 13.6. The predicted molar refractivity (Wildman–Crippen MR) is 163 cm³/mol. The number of Topliss-reactive ketones (excluding diaryl/α,β-unsaturated/α-hetero) is 1. The van der Waals surface area contributed by atoms with Crippen molar-refractivity contribution in [3.05, 3.63) is 83.0 Å². The lowest BCUT2D eigenvalue weighted by Gasteiger charge is -2.31. The summed E-state index contributed by atoms with van der Waals surface area (Å²) in [6.45, 7) is 9.66. The van der Waals surface area contributed by atoms with Gasteiger partial charge in [-0.3, -0.25) is 14.4 Å². The van der Waals surface area contributed by atoms with E-state index in [0.717, 1.165) is 16.7 Å². The molecule has 0 aliphatic carbocycles. The molecule has 1 aliphatic rings. The second-order valence-corrected chi connectivity index (χ2v) is 11.9. The van der Waals surface area contributed by atoms with Crippen molar-refractivity contribution >= 4 is 23.7 Å². The molecule has 234 valence electrons. The molecule has 11 nitrogen and oxygen atoms in total. The third-order valence-corrected chi connectivity index (χ3v) is 7.63. The van der Waals surface area contributed by atoms with E-state index < -0.39 is 35.9 Å². The van der Waals surface area contributed by atoms with E-state index in [1.165, 1.54) is 4.90 Å². The summed E-state index contributed by atoms with van der Waals surface area (Å²) in [6, 6.07) is 14.5. The highest BCUT2D eigenvalue weighted by Gasteiger charge is 2.40. The van der Waals surface area contributed by atoms with E-state index >= 15 is 0 Å². The van der Waals surface area contributed by atoms with Gasteiger partial charge in [0.15, 0.2) is 5.82 Å². The summed E-state index contributed by atoms with van der Waals surface area (Å²) < 4.78 is 10.6. The Balaban J connectivity index is 1.39. The second-order valence-electron chi connectivity index (χ2n) is 11.9. The number of nitrogens with one attached hydrogen (secondary N) is 2. The molecule has 2 heterocycles. The van der Waals surface area contributed by atoms with Crippen molar-refractivity contribution in [2.75, 3.05) is 6.54 Å². The van der Waals surface area contributed by atoms with Crippen LogP contribution in [0.5, 0.6) is 0 Å². The van der Waals surface area contributed by atoms with Crippen LogP contribution in [0.15, 0.2) is 59.1 Å². The maximum atomic E-state index is 13.6. The van der Waals surface area contributed by atoms with Crippen LogP contribution in [-0.4, -0.2) is 63.4 Å². The van der Waals surface area contributed by atoms with Crippen LogP contribution in [0.2, 0.25) is 0 Å². The van der Waals surface area contributed by atoms with Crippen molar-refractivity contribution in [1.29, 1.82) is 0 Å². The van der Waals surface area contributed by atoms with Crippen LogP contribution in [0.1, 0.15) is 73.7 Å². The molecule has 0 radical (unpaired) electrons. The number of amides is 3. The summed E-state index contributed by atoms with van der Waals surface area (Å²) in [7, 11) is 0. The van der Waals surface area contributed by atoms with Gasteiger partial charge in [-0.15, -0.1) is 0 Å². The molecular weight excluding hydrogens is 562 g/mol. The number of ether oxygens (including phenoxy) is 1. The summed E-state index contributed by atoms with van der Waals surface area (Å²) in [4.78, 5) is 58.9. The van der Waals surface area contributed by atoms with Gasteiger partial charge in [0.1, 0.15) is 18.7 Å². The van der Waals surface area contributed by atoms with Gasteiger partial charge in [0.25, 0.3) is 5.89 Å². The summed E-state index contributed by atoms with van der Waals surface area (Å²) in [6.07, 6.45) is 0.731. The van der Waals surface area contributed by atoms with Crippen LogP contribution in [0.3, 0.4) is 0 Å². The lowest BCUT2D eigenvalue weighted by molar-refractivity contribution is -0.141. The number of ketones is 1. The number of aryl methyl sites for hydroxylation is 1. The van der Waals surface area contributed by atoms with Crippen LogP contribution in [0, 0.1) is 18.8 Å². The van der Waals surface area contributed by atoms with Crippen LogP contribution in [0.4, 0.5) is 4.79 Å². The third kappa shape index (κ3) is 8.30. The zero-order chi connectivity index (χ0) is 31.8. The lowest BCUT2D eigenvalue weighted by Crippen LogP contribution is -2.57. The van der Waals surface area contributed by atoms with Gasteiger partial charge < -0.3 is 24.8 Å². The number of alkyl carbamates (subject to hydrolysis) is 1. The minimum Gasteiger partial charge on any atom is -0.445 e. The van der Waals surface area contributed by atoms with Crippen LogP contribution < -0.4 is 10.6 Å². The topological polar surface area (TPSA) is 144 Å². The number of benzene rings is 2. The van der Waals surface area contributed by atoms with E-state index in [1.807, 2.05) is 89.2 Å². The zero-order valence-electron chi connectivity index (χ0n) is 25.9. The first-order chi connectivity index (χ1) is 21.0. The van der Waals surface area contributed by atoms with Crippen LogP contribution >= 0.6 is 0 Å². The standard InChI is InChI=1S/C33H41N5O6/c1-20(2)27(29(39)31-34-26(37-44-31)18-24-14-9-11-22(5)17-24)35-30(40)25-15-10-16-38(25)32(41)28(21(3)4)36-33(42)43-19-23-12-7-6-8-13-23/h6-9,11-14,17,20-21,25,27-28H,10,15-16,18-19H2,1-5H3,(H,35,40)(H,36,42). The molecule has 3 atom stereocenters. The highest BCUT2D eigenvalue weighted by molar-refractivity contribution is 6.00. The number of aromatic nitrogens is 2. The van der Waals surface area contributed by atoms with Gasteiger partial charge in [-0.2, -0.15) is 4.98 Å². The van der Waals surface area contributed by atoms with Gasteiger partial charge in [-0.05, 0) is 42.7 Å². The molecule has 3 unspecified atom stereocenters. The molecule has 0 spiro atoms. The van der Waals surface area contributed by atoms with Crippen molar-refractivity contribution in [3.8, 4) is 0 Å². The van der Waals surface area contributed by atoms with Gasteiger partial charge in [0.2, 0.25) is 17.6 Å². The summed E-state index contributed by atoms with van der Waals surface area (Å²) in [5.74, 6) is -1.66. The minimum atomic E-state index is -0.931. The van der Waals surface area contributed by atoms with E-state index in [2.05, 4.69) is 20.8 Å². The number of rotatable bonds is 12. The highest BCUT2D eigenvalue weighted by atomic mass is 16.5. The molecule has 0 bridgehead atoms. The average Bonchev–Trinajstić information content (AvgIpc) is 3.67. The van der Waals surface area contributed by atoms with Crippen molar-refractivity contribution in [1.82, 2.24) is 25.7 Å². The number of carbonyl (C=O) groups excluding carboxylic acids is 4. The van der Waals surface area contributed by atoms with E-state index in [4.69, 9.17) is 9.26 Å². The molecule has 3 amide bonds. The van der Waals surface area contributed by atoms with Gasteiger partial charge in [-0.25, -0.2) is 4.79 Å². The Hall–Kier alpha value is -4.54. The molecule has 0 saturated carbocycles. The largest absolute Gasteiger partial charge is 0.445 e. The first kappa shape index (κ1) is 32.4. The summed E-state index contributed by atoms with van der Waals surface area (Å²) in [5, 5.41) is 9.48. The lowest BCUT2D eigenvalue weighted by atomic mass is 9.98. The Morgan fingerprint density at radius 3 is 2.34 bits per heavy atom. The number of hydrogen-bond acceptors (Lipinski definition) is 8. The fraction of sp³-hybridized carbons (Fsp3) is 0.455. The van der Waals surface area contributed by atoms with Crippen LogP contribution in [0.25, 0.3) is 0 Å². The summed E-state index contributed by atoms with van der Waals surface area (Å²) in [5.41, 5.74) is 2.91. The van der Waals surface area contributed by atoms with Crippen molar-refractivity contribution in [2.24, 2.45) is 11.8 Å². The maximum Gasteiger partial charge on any atom is 0.408 e. The monoisotopic (exact) mass is 603 g/mol. The first-order valence-electron chi connectivity index (χ1n) is 15.0. The number of carbonyl (C=O) groups is 4. The quantitative estimate of drug-likeness (QED) is 0.293. The Bertz CT molecular complexity index is 1450. The van der Waals surface area contributed by atoms with E-state index in [1.54, 1.807) is 0 Å². The number of nitrogens with zero attached hydrogens (tertiary/aromatic N) is 3. The van der Waals surface area contributed by atoms with Gasteiger partial charge in [-0.1, -0.05) is 93.0 Å². The Morgan fingerprint density at radius 2 is 1.66 bits per heavy atom. The van der Waals surface area contributed by atoms with E-state index in [9.17, 15) is 19.2 Å². The van der Waals surface area contributed by atoms with E-state index in [0.29, 0.717) is 31.6 Å². The van der Waals surface area contributed by atoms with Crippen LogP contribution in [-0.2, 0) is 27.4 Å². The average molecular weight is 604 g/mol. The normalized spacial score (nSPS) is 16.1. The molecule has 2 aromatic carbocycles. The molecule has 4 rings (SSSR count). The van der Waals surface area contributed by atoms with Crippen molar-refractivity contribution < 1.29 is 28.4 Å². The third-order valence-electron chi connectivity index (χ3n) is 7.63. The van der Waals surface area contributed by atoms with Crippen molar-refractivity contribution in [2.45, 2.75) is 78.6 Å². The molecule has 11 heteroatoms. The Morgan fingerprint density at radius 1 is 0.955 bits per heavy atom. The second kappa shape index (κ2) is 14.8. The summed E-state index contributed by atoms with van der Waals surface area (Å²) >= 11 is 0. The fourth-order valence-corrected chi connectivity index (χ4v) is 5.24. The van der Waals surface area contributed by atoms with Gasteiger partial charge >= 0.3 is 6.09 Å². The Kier molecular flexibility index (Phi) is 10.9. The van der Waals surface area contributed by atoms with Gasteiger partial charge in [0.05, 0.1) is 6.04 Å². The predicted octanol–water partition coefficient (Wildman–Crippen LogP) is 4.23. The molecule has 44 heavy (non-hydrogen) atoms. The molecule has 2 N–H and O–H groups in total. The first-order valence-corrected chi connectivity index (χ1v) is 15.0. The molecule has 1 fully saturated rings. The molecule has 1 aromatic heterocycles. The Labute approximate surface area is 257 Å². The highest BCUT2D eigenvalue weighted by Crippen LogP contribution is 2.22. The molecular formula is C33H41N5O6. The smallest absolute Gasteiger partial charge is 0.408 e. The number of hydrogen-bond donors (Lipinski definition) is 2. The zero-order valence-corrected chi connectivity index (χ0v) is 25.9. The SMILES string of the molecule is Cc1cccc(Cc2noc(C(=O)C(NC(=O)C3CCCN3C(=O)C(NC(=O)OCc3ccccc3)C(C)C)C(C)C)n2)c1. The van der Waals surface area contributed by atoms with E-state index in [-0.39, 0.29) is 30.2 Å². The minimum absolute atomic E-state index is 0.0680. The molecule has 3 aromatic rings. The van der Waals surface area contributed by atoms with Gasteiger partial charge in [0, 0.05) is 13.0 Å².